The summed E-state index contributed by atoms with van der Waals surface area (Å²) < 4.78 is 86.8. The maximum Gasteiger partial charge on any atom is 0.0989 e. The first-order valence-corrected chi connectivity index (χ1v) is 4.85. The highest BCUT2D eigenvalue weighted by molar-refractivity contribution is 5.58. The summed E-state index contributed by atoms with van der Waals surface area (Å²) in [7, 11) is 0. The minimum Gasteiger partial charge on any atom is -0.328 e. The summed E-state index contributed by atoms with van der Waals surface area (Å²) >= 11 is 0. The van der Waals surface area contributed by atoms with Crippen LogP contribution in [0.1, 0.15) is 15.1 Å². The first kappa shape index (κ1) is 3.64. The van der Waals surface area contributed by atoms with Gasteiger partial charge in [0.15, 0.2) is 0 Å². The minimum absolute atomic E-state index is 0.0457. The quantitative estimate of drug-likeness (QED) is 0.784. The van der Waals surface area contributed by atoms with Gasteiger partial charge < -0.3 is 9.80 Å². The van der Waals surface area contributed by atoms with Gasteiger partial charge in [0.25, 0.3) is 0 Å². The molecule has 84 valence electrons. The third-order valence-electron chi connectivity index (χ3n) is 2.18. The van der Waals surface area contributed by atoms with E-state index in [1.54, 1.807) is 0 Å². The van der Waals surface area contributed by atoms with Crippen molar-refractivity contribution in [2.75, 3.05) is 16.5 Å². The Balaban J connectivity index is 2.15. The third-order valence-corrected chi connectivity index (χ3v) is 2.18. The first-order valence-electron chi connectivity index (χ1n) is 10.4. The van der Waals surface area contributed by atoms with Gasteiger partial charge in [-0.1, -0.05) is 36.3 Å². The van der Waals surface area contributed by atoms with Crippen molar-refractivity contribution in [3.8, 4) is 0 Å². The van der Waals surface area contributed by atoms with Gasteiger partial charge in [-0.05, 0) is 24.2 Å². The van der Waals surface area contributed by atoms with Crippen LogP contribution < -0.4 is 9.80 Å². The molecule has 0 radical (unpaired) electrons. The van der Waals surface area contributed by atoms with Crippen molar-refractivity contribution in [1.82, 2.24) is 0 Å². The molecule has 1 aliphatic heterocycles. The van der Waals surface area contributed by atoms with Gasteiger partial charge in [-0.3, -0.25) is 0 Å². The van der Waals surface area contributed by atoms with Gasteiger partial charge in [0.05, 0.1) is 21.7 Å². The second kappa shape index (κ2) is 4.34. The van der Waals surface area contributed by atoms with Crippen LogP contribution in [0.3, 0.4) is 0 Å². The van der Waals surface area contributed by atoms with Crippen LogP contribution >= 0.6 is 0 Å². The predicted octanol–water partition coefficient (Wildman–Crippen LogP) is 3.44. The topological polar surface area (TPSA) is 6.48 Å². The van der Waals surface area contributed by atoms with E-state index in [0.717, 1.165) is 15.9 Å². The van der Waals surface area contributed by atoms with Crippen molar-refractivity contribution < 1.29 is 15.1 Å². The van der Waals surface area contributed by atoms with Crippen molar-refractivity contribution in [2.24, 2.45) is 0 Å². The van der Waals surface area contributed by atoms with Gasteiger partial charge in [-0.15, -0.1) is 0 Å². The number of rotatable bonds is 2. The Bertz CT molecular complexity index is 1000. The lowest BCUT2D eigenvalue weighted by atomic mass is 10.3. The fraction of sp³-hybridized carbons (Fsp3) is 0.0667. The summed E-state index contributed by atoms with van der Waals surface area (Å²) in [4.78, 5) is 2.17. The first-order chi connectivity index (χ1) is 13.0. The van der Waals surface area contributed by atoms with Crippen molar-refractivity contribution in [3.05, 3.63) is 72.8 Å². The molecule has 1 aliphatic rings. The lowest BCUT2D eigenvalue weighted by molar-refractivity contribution is 0.976. The van der Waals surface area contributed by atoms with Crippen molar-refractivity contribution in [2.45, 2.75) is 0 Å². The van der Waals surface area contributed by atoms with Crippen LogP contribution in [0.15, 0.2) is 72.8 Å². The van der Waals surface area contributed by atoms with E-state index >= 15 is 0 Å². The van der Waals surface area contributed by atoms with Crippen LogP contribution in [-0.2, 0) is 0 Å². The molecule has 0 spiro atoms. The van der Waals surface area contributed by atoms with Crippen LogP contribution in [0.5, 0.6) is 0 Å². The number of para-hydroxylation sites is 2. The van der Waals surface area contributed by atoms with E-state index in [4.69, 9.17) is 15.1 Å². The number of hydrogen-bond acceptors (Lipinski definition) is 2. The molecule has 1 heterocycles. The zero-order valence-electron chi connectivity index (χ0n) is 19.7. The van der Waals surface area contributed by atoms with Gasteiger partial charge in [0, 0.05) is 23.7 Å². The maximum absolute atomic E-state index is 8.17. The summed E-state index contributed by atoms with van der Waals surface area (Å²) in [5.74, 6) is 0. The molecule has 17 heavy (non-hydrogen) atoms. The highest BCUT2D eigenvalue weighted by Gasteiger charge is 2.14. The molecular weight excluding hydrogens is 208 g/mol. The summed E-state index contributed by atoms with van der Waals surface area (Å²) in [5, 5.41) is 0. The van der Waals surface area contributed by atoms with E-state index in [0.29, 0.717) is 0 Å². The largest absolute Gasteiger partial charge is 0.328 e. The smallest absolute Gasteiger partial charge is 0.0989 e. The van der Waals surface area contributed by atoms with Crippen LogP contribution in [0, 0.1) is 0 Å². The Kier molecular flexibility index (Phi) is 0.928. The summed E-state index contributed by atoms with van der Waals surface area (Å²) in [6, 6.07) is -3.30. The highest BCUT2D eigenvalue weighted by Crippen LogP contribution is 2.23. The number of anilines is 2. The second-order valence-corrected chi connectivity index (χ2v) is 3.24. The van der Waals surface area contributed by atoms with E-state index in [2.05, 4.69) is 0 Å². The molecular formula is C15H14N2. The summed E-state index contributed by atoms with van der Waals surface area (Å²) in [6.45, 7) is -0.312. The standard InChI is InChI=1S/C15H14N2/c1-3-7-14(8-4-1)16-11-12-17(13-16)15-9-5-2-6-10-15/h1-12H,13H2/i1D,2D,3D,4D,5D,6D,7D,8D,9D,11D,12D. The molecule has 2 aromatic rings. The Labute approximate surface area is 117 Å². The second-order valence-electron chi connectivity index (χ2n) is 3.24. The molecule has 0 aromatic heterocycles. The van der Waals surface area contributed by atoms with Gasteiger partial charge >= 0.3 is 0 Å². The van der Waals surface area contributed by atoms with Gasteiger partial charge in [-0.2, -0.15) is 0 Å². The van der Waals surface area contributed by atoms with Crippen LogP contribution in [-0.4, -0.2) is 6.67 Å². The van der Waals surface area contributed by atoms with E-state index in [1.165, 1.54) is 0 Å². The highest BCUT2D eigenvalue weighted by atomic mass is 15.3. The van der Waals surface area contributed by atoms with Gasteiger partial charge in [0.2, 0.25) is 0 Å². The van der Waals surface area contributed by atoms with E-state index < -0.39 is 60.7 Å². The van der Waals surface area contributed by atoms with E-state index in [9.17, 15) is 0 Å². The van der Waals surface area contributed by atoms with E-state index in [-0.39, 0.29) is 24.1 Å². The SMILES string of the molecule is [2H]C1=C([2H])N(c2c([2H])c([2H])c([2H])c([2H])c2[2H])CN1c1cc([2H])c([2H])c([2H])c1[2H]. The van der Waals surface area contributed by atoms with Crippen LogP contribution in [0.25, 0.3) is 0 Å². The van der Waals surface area contributed by atoms with Crippen LogP contribution in [0.2, 0.25) is 0 Å². The Hall–Kier alpha value is -2.22. The molecule has 0 fully saturated rings. The fourth-order valence-corrected chi connectivity index (χ4v) is 1.39. The van der Waals surface area contributed by atoms with E-state index in [1.807, 2.05) is 0 Å². The fourth-order valence-electron chi connectivity index (χ4n) is 1.39. The normalized spacial score (nSPS) is 24.6. The predicted molar refractivity (Wildman–Crippen MR) is 71.8 cm³/mol. The molecule has 0 N–H and O–H groups in total. The average Bonchev–Trinajstić information content (AvgIpc) is 2.95. The summed E-state index contributed by atoms with van der Waals surface area (Å²) in [6.07, 6.45) is -0.872. The Morgan fingerprint density at radius 1 is 0.765 bits per heavy atom. The van der Waals surface area contributed by atoms with Gasteiger partial charge in [-0.25, -0.2) is 0 Å². The van der Waals surface area contributed by atoms with Crippen molar-refractivity contribution in [1.29, 1.82) is 0 Å². The lowest BCUT2D eigenvalue weighted by Crippen LogP contribution is -2.24. The molecule has 0 unspecified atom stereocenters. The zero-order chi connectivity index (χ0) is 21.1. The number of benzene rings is 2. The number of hydrogen-bond donors (Lipinski definition) is 0. The number of nitrogens with zero attached hydrogens (tertiary/aromatic N) is 2. The Morgan fingerprint density at radius 2 is 1.35 bits per heavy atom. The Morgan fingerprint density at radius 3 is 2.12 bits per heavy atom. The summed E-state index contributed by atoms with van der Waals surface area (Å²) in [5.41, 5.74) is -0.320. The van der Waals surface area contributed by atoms with Crippen LogP contribution in [0.4, 0.5) is 11.4 Å². The average molecular weight is 233 g/mol. The molecule has 0 amide bonds. The molecule has 0 saturated heterocycles. The third kappa shape index (κ3) is 2.02. The molecule has 0 atom stereocenters. The van der Waals surface area contributed by atoms with Crippen molar-refractivity contribution in [3.63, 3.8) is 0 Å². The molecule has 2 heteroatoms. The molecule has 2 nitrogen and oxygen atoms in total. The zero-order valence-corrected chi connectivity index (χ0v) is 8.68. The molecule has 0 bridgehead atoms. The monoisotopic (exact) mass is 233 g/mol. The maximum atomic E-state index is 8.17. The minimum atomic E-state index is -0.575. The molecule has 0 aliphatic carbocycles. The van der Waals surface area contributed by atoms with Gasteiger partial charge in [0.1, 0.15) is 0 Å². The molecule has 2 aromatic carbocycles. The lowest BCUT2D eigenvalue weighted by Gasteiger charge is -2.21. The van der Waals surface area contributed by atoms with Crippen molar-refractivity contribution >= 4 is 11.4 Å². The molecule has 3 rings (SSSR count). The molecule has 0 saturated carbocycles.